The number of imide groups is 1. The van der Waals surface area contributed by atoms with E-state index >= 15 is 4.79 Å². The van der Waals surface area contributed by atoms with Crippen LogP contribution in [0.4, 0.5) is 15.3 Å². The van der Waals surface area contributed by atoms with E-state index in [2.05, 4.69) is 46.6 Å². The molecule has 0 saturated carbocycles. The highest BCUT2D eigenvalue weighted by Crippen LogP contribution is 2.36. The molecule has 109 heavy (non-hydrogen) atoms. The molecule has 2 aromatic carbocycles. The van der Waals surface area contributed by atoms with E-state index in [0.29, 0.717) is 71.2 Å². The van der Waals surface area contributed by atoms with Gasteiger partial charge >= 0.3 is 12.1 Å². The number of ether oxygens (including phenoxy) is 2. The number of piperazine rings is 1. The number of hydrogen-bond donors (Lipinski definition) is 5. The monoisotopic (exact) mass is 1540 g/mol. The largest absolute Gasteiger partial charge is 0.431 e. The molecule has 4 heterocycles. The van der Waals surface area contributed by atoms with Crippen molar-refractivity contribution >= 4 is 87.8 Å². The molecule has 6 rings (SSSR count). The number of urea groups is 1. The molecule has 3 aromatic rings. The standard InChI is InChI=1S/C78H117N11O15S.C4H10/c1-14-51(8)71(64(103-13)46-68(97)88-36-21-25-60(88)59(47-90)52(9)61(91)44-56(74-80-34-41-105-74)42-53-22-16-15-17-23-53)85(11)75(99)58(48(2)3)45-63(93)70(50(6)7)86(12)78(102)104-72(76(100)87-39-37-84(10)38-40-87)54-27-29-57(30-28-54)82-73(98)55(24-20-33-81-77(79)101)43-62(92)69(49(4)5)83-65(94)26-18-19-35-89-66(95)31-32-67(89)96;1-4(2)3/h15-17,22-23,27-30,34,41,48-52,55-56,58-60,64,69-72,90H,14,18-21,24-26,31-33,35-40,42-47H2,1-13H3,(H,82,98)(H,83,94)(H3,79,81,101);4H,1-3H3/t51-,52+,55+,56+,58-,59+,60-,64+,69-,70-,71-,72?;/m0./s1. The first-order chi connectivity index (χ1) is 51.6. The summed E-state index contributed by atoms with van der Waals surface area (Å²) in [5, 5.41) is 22.0. The number of carbonyl (C=O) groups excluding carboxylic acids is 12. The first-order valence-corrected chi connectivity index (χ1v) is 40.2. The first-order valence-electron chi connectivity index (χ1n) is 39.3. The minimum Gasteiger partial charge on any atom is -0.431 e. The molecule has 3 aliphatic rings. The number of methoxy groups -OCH3 is 1. The fourth-order valence-corrected chi connectivity index (χ4v) is 15.7. The van der Waals surface area contributed by atoms with E-state index in [-0.39, 0.29) is 142 Å². The van der Waals surface area contributed by atoms with Gasteiger partial charge in [-0.1, -0.05) is 132 Å². The number of likely N-dealkylation sites (tertiary alicyclic amines) is 2. The van der Waals surface area contributed by atoms with Crippen LogP contribution in [0.15, 0.2) is 66.2 Å². The van der Waals surface area contributed by atoms with Crippen molar-refractivity contribution in [3.8, 4) is 0 Å². The first kappa shape index (κ1) is 91.6. The summed E-state index contributed by atoms with van der Waals surface area (Å²) < 4.78 is 12.4. The number of nitrogens with two attached hydrogens (primary N) is 1. The van der Waals surface area contributed by atoms with Crippen LogP contribution in [0.1, 0.15) is 201 Å². The van der Waals surface area contributed by atoms with Crippen molar-refractivity contribution in [2.24, 2.45) is 59.0 Å². The molecule has 1 unspecified atom stereocenters. The number of primary amides is 1. The average molecular weight is 1540 g/mol. The number of aliphatic hydroxyl groups excluding tert-OH is 1. The number of aliphatic hydroxyl groups is 1. The van der Waals surface area contributed by atoms with Crippen molar-refractivity contribution in [1.82, 2.24) is 45.0 Å². The van der Waals surface area contributed by atoms with Crippen molar-refractivity contribution in [2.45, 2.75) is 222 Å². The number of likely N-dealkylation sites (N-methyl/N-ethyl adjacent to an activating group) is 3. The van der Waals surface area contributed by atoms with Crippen molar-refractivity contribution in [1.29, 1.82) is 0 Å². The number of unbranched alkanes of at least 4 members (excludes halogenated alkanes) is 1. The molecule has 10 amide bonds. The molecular formula is C82H127N11O15S. The molecule has 6 N–H and O–H groups in total. The maximum absolute atomic E-state index is 15.2. The number of Topliss-reactive ketones (excluding diaryl/α,β-unsaturated/α-hetero) is 3. The molecular weight excluding hydrogens is 1410 g/mol. The fraction of sp³-hybridized carbons (Fsp3) is 0.671. The third-order valence-electron chi connectivity index (χ3n) is 21.4. The van der Waals surface area contributed by atoms with Gasteiger partial charge < -0.3 is 60.8 Å². The second-order valence-corrected chi connectivity index (χ2v) is 32.6. The maximum Gasteiger partial charge on any atom is 0.411 e. The van der Waals surface area contributed by atoms with Crippen LogP contribution in [0.5, 0.6) is 0 Å². The van der Waals surface area contributed by atoms with Crippen LogP contribution in [0.3, 0.4) is 0 Å². The summed E-state index contributed by atoms with van der Waals surface area (Å²) in [4.78, 5) is 180. The topological polar surface area (TPSA) is 338 Å². The number of nitrogens with one attached hydrogen (secondary N) is 3. The molecule has 0 spiro atoms. The lowest BCUT2D eigenvalue weighted by Crippen LogP contribution is -2.54. The van der Waals surface area contributed by atoms with Crippen molar-refractivity contribution in [2.75, 3.05) is 86.0 Å². The van der Waals surface area contributed by atoms with Gasteiger partial charge in [-0.25, -0.2) is 14.6 Å². The van der Waals surface area contributed by atoms with Gasteiger partial charge in [0.25, 0.3) is 5.91 Å². The van der Waals surface area contributed by atoms with Gasteiger partial charge in [0.15, 0.2) is 11.6 Å². The van der Waals surface area contributed by atoms with Gasteiger partial charge in [-0.15, -0.1) is 11.3 Å². The average Bonchev–Trinajstić information content (AvgIpc) is 1.78. The van der Waals surface area contributed by atoms with E-state index in [1.807, 2.05) is 77.4 Å². The number of hydrogen-bond acceptors (Lipinski definition) is 18. The Morgan fingerprint density at radius 1 is 0.752 bits per heavy atom. The van der Waals surface area contributed by atoms with Crippen LogP contribution in [0.2, 0.25) is 0 Å². The van der Waals surface area contributed by atoms with Crippen molar-refractivity contribution < 1.29 is 72.1 Å². The Labute approximate surface area is 650 Å². The van der Waals surface area contributed by atoms with Gasteiger partial charge in [-0.3, -0.25) is 52.8 Å². The van der Waals surface area contributed by atoms with Gasteiger partial charge in [0, 0.05) is 171 Å². The van der Waals surface area contributed by atoms with Gasteiger partial charge in [0.1, 0.15) is 5.78 Å². The van der Waals surface area contributed by atoms with E-state index < -0.39 is 107 Å². The van der Waals surface area contributed by atoms with Crippen LogP contribution >= 0.6 is 11.3 Å². The number of thiazole rings is 1. The maximum atomic E-state index is 15.2. The van der Waals surface area contributed by atoms with E-state index in [1.54, 1.807) is 55.6 Å². The molecule has 0 radical (unpaired) electrons. The summed E-state index contributed by atoms with van der Waals surface area (Å²) in [7, 11) is 6.54. The summed E-state index contributed by atoms with van der Waals surface area (Å²) in [6.07, 6.45) is 2.18. The third kappa shape index (κ3) is 27.8. The highest BCUT2D eigenvalue weighted by molar-refractivity contribution is 7.09. The Bertz CT molecular complexity index is 3420. The molecule has 3 fully saturated rings. The zero-order chi connectivity index (χ0) is 80.9. The molecule has 3 aliphatic heterocycles. The Morgan fingerprint density at radius 3 is 1.95 bits per heavy atom. The second-order valence-electron chi connectivity index (χ2n) is 31.7. The molecule has 606 valence electrons. The van der Waals surface area contributed by atoms with E-state index in [4.69, 9.17) is 15.2 Å². The van der Waals surface area contributed by atoms with Gasteiger partial charge in [0.05, 0.1) is 35.7 Å². The normalized spacial score (nSPS) is 17.8. The lowest BCUT2D eigenvalue weighted by molar-refractivity contribution is -0.148. The zero-order valence-electron chi connectivity index (χ0n) is 67.6. The Hall–Kier alpha value is -8.01. The number of aromatic nitrogens is 1. The minimum absolute atomic E-state index is 0.0113. The molecule has 3 saturated heterocycles. The van der Waals surface area contributed by atoms with E-state index in [0.717, 1.165) is 16.5 Å². The Kier molecular flexibility index (Phi) is 38.1. The number of amides is 10. The summed E-state index contributed by atoms with van der Waals surface area (Å²) in [5.41, 5.74) is 6.94. The molecule has 0 bridgehead atoms. The number of carbonyl (C=O) groups is 12. The Balaban J connectivity index is 0.00000518. The highest BCUT2D eigenvalue weighted by atomic mass is 32.1. The molecule has 27 heteroatoms. The highest BCUT2D eigenvalue weighted by Gasteiger charge is 2.45. The van der Waals surface area contributed by atoms with Gasteiger partial charge in [0.2, 0.25) is 41.5 Å². The zero-order valence-corrected chi connectivity index (χ0v) is 68.4. The van der Waals surface area contributed by atoms with Crippen LogP contribution < -0.4 is 21.7 Å². The number of ketones is 3. The minimum atomic E-state index is -1.51. The quantitative estimate of drug-likeness (QED) is 0.0260. The van der Waals surface area contributed by atoms with E-state index in [1.165, 1.54) is 59.6 Å². The van der Waals surface area contributed by atoms with Crippen LogP contribution in [-0.2, 0) is 63.8 Å². The van der Waals surface area contributed by atoms with E-state index in [9.17, 15) is 57.8 Å². The van der Waals surface area contributed by atoms with Crippen LogP contribution in [0, 0.1) is 53.3 Å². The summed E-state index contributed by atoms with van der Waals surface area (Å²) >= 11 is 1.51. The van der Waals surface area contributed by atoms with Crippen molar-refractivity contribution in [3.63, 3.8) is 0 Å². The number of benzene rings is 2. The SMILES string of the molecule is CC(C)C.CC[C@H](C)[C@@H]([C@@H](CC(=O)N1CCC[C@H]1[C@H](CO)[C@@H](C)C(=O)C[C@@H](Cc1ccccc1)c1nccs1)OC)N(C)C(=O)[C@@H](CC(=O)[C@H](C(C)C)N(C)C(=O)OC(C(=O)N1CCN(C)CC1)c1ccc(NC(=O)[C@H](CCCNC(N)=O)CC(=O)[C@@H](NC(=O)CCCCN2C(=O)CCC2=O)C(C)C)cc1)C(C)C. The fourth-order valence-electron chi connectivity index (χ4n) is 15.0. The predicted molar refractivity (Wildman–Crippen MR) is 420 cm³/mol. The Morgan fingerprint density at radius 2 is 1.39 bits per heavy atom. The molecule has 0 aliphatic carbocycles. The smallest absolute Gasteiger partial charge is 0.411 e. The summed E-state index contributed by atoms with van der Waals surface area (Å²) in [6, 6.07) is 12.2. The summed E-state index contributed by atoms with van der Waals surface area (Å²) in [5.74, 6) is -6.97. The second kappa shape index (κ2) is 45.3. The molecule has 1 aromatic heterocycles. The van der Waals surface area contributed by atoms with Crippen LogP contribution in [0.25, 0.3) is 0 Å². The number of anilines is 1. The van der Waals surface area contributed by atoms with Crippen LogP contribution in [-0.4, -0.2) is 221 Å². The van der Waals surface area contributed by atoms with Gasteiger partial charge in [-0.2, -0.15) is 0 Å². The lowest BCUT2D eigenvalue weighted by atomic mass is 9.80. The lowest BCUT2D eigenvalue weighted by Gasteiger charge is -2.41. The predicted octanol–water partition coefficient (Wildman–Crippen LogP) is 9.87. The number of nitrogens with zero attached hydrogens (tertiary/aromatic N) is 7. The molecule has 26 nitrogen and oxygen atoms in total. The molecule has 12 atom stereocenters. The third-order valence-corrected chi connectivity index (χ3v) is 22.4. The number of rotatable bonds is 42. The summed E-state index contributed by atoms with van der Waals surface area (Å²) in [6.45, 7) is 25.3. The van der Waals surface area contributed by atoms with Crippen molar-refractivity contribution in [3.05, 3.63) is 82.3 Å². The van der Waals surface area contributed by atoms with Gasteiger partial charge in [-0.05, 0) is 99.3 Å².